The molecule has 0 aliphatic carbocycles. The second-order valence-electron chi connectivity index (χ2n) is 12.7. The Hall–Kier alpha value is -6.58. The molecule has 0 aliphatic heterocycles. The van der Waals surface area contributed by atoms with Crippen LogP contribution in [0.1, 0.15) is 77.9 Å². The normalized spacial score (nSPS) is 9.69. The van der Waals surface area contributed by atoms with Crippen LogP contribution in [0.15, 0.2) is 121 Å². The highest BCUT2D eigenvalue weighted by atomic mass is 19.1. The van der Waals surface area contributed by atoms with E-state index in [-0.39, 0.29) is 5.56 Å². The van der Waals surface area contributed by atoms with Crippen molar-refractivity contribution in [2.75, 3.05) is 0 Å². The number of aryl methyl sites for hydroxylation is 5. The highest BCUT2D eigenvalue weighted by Gasteiger charge is 2.05. The zero-order chi connectivity index (χ0) is 37.0. The van der Waals surface area contributed by atoms with Gasteiger partial charge < -0.3 is 0 Å². The summed E-state index contributed by atoms with van der Waals surface area (Å²) in [4.78, 5) is 0. The highest BCUT2D eigenvalue weighted by Crippen LogP contribution is 2.15. The summed E-state index contributed by atoms with van der Waals surface area (Å²) in [6.07, 6.45) is 0. The molecule has 6 aromatic rings. The van der Waals surface area contributed by atoms with Crippen LogP contribution >= 0.6 is 0 Å². The van der Waals surface area contributed by atoms with Crippen molar-refractivity contribution in [3.63, 3.8) is 0 Å². The van der Waals surface area contributed by atoms with Gasteiger partial charge in [0.15, 0.2) is 0 Å². The third-order valence-electron chi connectivity index (χ3n) is 8.25. The lowest BCUT2D eigenvalue weighted by atomic mass is 10.1. The number of hydrogen-bond acceptors (Lipinski definition) is 0. The first-order valence-electron chi connectivity index (χ1n) is 17.0. The standard InChI is InChI=1S/C25H18F2.C25H20/c1-17-4-12-23(18(2)14-17)13-11-21-7-5-20(6-8-21)9-10-22-15-24(26)19(3)25(27)16-22;1-19-4-7-22(8-5-19)9-10-23-11-13-24(14-12-23)15-17-25-16-6-20(2)18-21(25)3/h4-8,12,14-16H,1-3H3;4-8,11-14,16,18H,1-3H3. The second-order valence-corrected chi connectivity index (χ2v) is 12.7. The summed E-state index contributed by atoms with van der Waals surface area (Å²) < 4.78 is 27.1. The van der Waals surface area contributed by atoms with Crippen LogP contribution in [-0.4, -0.2) is 0 Å². The van der Waals surface area contributed by atoms with Gasteiger partial charge in [-0.15, -0.1) is 0 Å². The van der Waals surface area contributed by atoms with Crippen molar-refractivity contribution in [3.8, 4) is 47.4 Å². The van der Waals surface area contributed by atoms with E-state index in [1.54, 1.807) is 0 Å². The molecule has 6 rings (SSSR count). The molecule has 0 N–H and O–H groups in total. The van der Waals surface area contributed by atoms with Gasteiger partial charge in [0.05, 0.1) is 0 Å². The molecule has 252 valence electrons. The van der Waals surface area contributed by atoms with Crippen molar-refractivity contribution < 1.29 is 8.78 Å². The Labute approximate surface area is 307 Å². The number of benzene rings is 6. The van der Waals surface area contributed by atoms with Crippen molar-refractivity contribution >= 4 is 0 Å². The first kappa shape index (κ1) is 36.7. The second kappa shape index (κ2) is 17.4. The molecule has 0 heterocycles. The van der Waals surface area contributed by atoms with Crippen LogP contribution in [0.4, 0.5) is 8.78 Å². The average molecular weight is 677 g/mol. The summed E-state index contributed by atoms with van der Waals surface area (Å²) in [6.45, 7) is 11.8. The average Bonchev–Trinajstić information content (AvgIpc) is 3.13. The Morgan fingerprint density at radius 3 is 0.942 bits per heavy atom. The van der Waals surface area contributed by atoms with Gasteiger partial charge in [0.2, 0.25) is 0 Å². The number of rotatable bonds is 0. The summed E-state index contributed by atoms with van der Waals surface area (Å²) in [5, 5.41) is 0. The maximum Gasteiger partial charge on any atom is 0.130 e. The first-order chi connectivity index (χ1) is 25.0. The SMILES string of the molecule is Cc1ccc(C#Cc2ccc(C#Cc3cc(F)c(C)c(F)c3)cc2)c(C)c1.Cc1ccc(C#Cc2ccc(C#Cc3ccc(C)cc3C)cc2)cc1. The fourth-order valence-electron chi connectivity index (χ4n) is 5.10. The van der Waals surface area contributed by atoms with Crippen LogP contribution < -0.4 is 0 Å². The summed E-state index contributed by atoms with van der Waals surface area (Å²) in [5.74, 6) is 23.7. The number of hydrogen-bond donors (Lipinski definition) is 0. The van der Waals surface area contributed by atoms with Crippen LogP contribution in [0.5, 0.6) is 0 Å². The molecule has 0 saturated heterocycles. The van der Waals surface area contributed by atoms with E-state index in [2.05, 4.69) is 111 Å². The predicted octanol–water partition coefficient (Wildman–Crippen LogP) is 11.1. The molecule has 2 heteroatoms. The minimum Gasteiger partial charge on any atom is -0.207 e. The van der Waals surface area contributed by atoms with E-state index in [0.717, 1.165) is 44.5 Å². The van der Waals surface area contributed by atoms with Crippen LogP contribution in [0.2, 0.25) is 0 Å². The molecule has 6 aromatic carbocycles. The maximum absolute atomic E-state index is 13.6. The summed E-state index contributed by atoms with van der Waals surface area (Å²) in [5.41, 5.74) is 13.2. The third kappa shape index (κ3) is 10.7. The van der Waals surface area contributed by atoms with Crippen LogP contribution in [0, 0.1) is 101 Å². The molecule has 0 nitrogen and oxygen atoms in total. The monoisotopic (exact) mass is 676 g/mol. The molecule has 0 aliphatic rings. The maximum atomic E-state index is 13.6. The van der Waals surface area contributed by atoms with Gasteiger partial charge in [-0.3, -0.25) is 0 Å². The van der Waals surface area contributed by atoms with E-state index in [9.17, 15) is 8.78 Å². The first-order valence-corrected chi connectivity index (χ1v) is 17.0. The van der Waals surface area contributed by atoms with Crippen molar-refractivity contribution in [3.05, 3.63) is 211 Å². The molecular formula is C50H38F2. The van der Waals surface area contributed by atoms with E-state index in [4.69, 9.17) is 0 Å². The van der Waals surface area contributed by atoms with Crippen LogP contribution in [0.25, 0.3) is 0 Å². The highest BCUT2D eigenvalue weighted by molar-refractivity contribution is 5.51. The smallest absolute Gasteiger partial charge is 0.130 e. The zero-order valence-corrected chi connectivity index (χ0v) is 30.3. The fraction of sp³-hybridized carbons (Fsp3) is 0.120. The van der Waals surface area contributed by atoms with Gasteiger partial charge in [0, 0.05) is 50.1 Å². The summed E-state index contributed by atoms with van der Waals surface area (Å²) in [7, 11) is 0. The van der Waals surface area contributed by atoms with Gasteiger partial charge in [-0.1, -0.05) is 100 Å². The predicted molar refractivity (Wildman–Crippen MR) is 211 cm³/mol. The van der Waals surface area contributed by atoms with Gasteiger partial charge in [-0.2, -0.15) is 0 Å². The molecule has 0 bridgehead atoms. The molecule has 0 saturated carbocycles. The lowest BCUT2D eigenvalue weighted by Gasteiger charge is -1.99. The summed E-state index contributed by atoms with van der Waals surface area (Å²) in [6, 6.07) is 38.8. The third-order valence-corrected chi connectivity index (χ3v) is 8.25. The van der Waals surface area contributed by atoms with Crippen LogP contribution in [0.3, 0.4) is 0 Å². The van der Waals surface area contributed by atoms with Crippen molar-refractivity contribution in [1.82, 2.24) is 0 Å². The van der Waals surface area contributed by atoms with E-state index in [1.165, 1.54) is 41.3 Å². The van der Waals surface area contributed by atoms with Crippen molar-refractivity contribution in [2.45, 2.75) is 41.5 Å². The van der Waals surface area contributed by atoms with Crippen molar-refractivity contribution in [1.29, 1.82) is 0 Å². The molecule has 0 amide bonds. The van der Waals surface area contributed by atoms with Crippen molar-refractivity contribution in [2.24, 2.45) is 0 Å². The molecule has 0 aromatic heterocycles. The molecule has 0 fully saturated rings. The Kier molecular flexibility index (Phi) is 12.3. The van der Waals surface area contributed by atoms with Gasteiger partial charge >= 0.3 is 0 Å². The Balaban J connectivity index is 0.000000202. The van der Waals surface area contributed by atoms with Crippen LogP contribution in [-0.2, 0) is 0 Å². The van der Waals surface area contributed by atoms with E-state index in [1.807, 2.05) is 79.7 Å². The largest absolute Gasteiger partial charge is 0.207 e. The van der Waals surface area contributed by atoms with Gasteiger partial charge in [-0.05, 0) is 138 Å². The van der Waals surface area contributed by atoms with E-state index >= 15 is 0 Å². The van der Waals surface area contributed by atoms with E-state index < -0.39 is 11.6 Å². The van der Waals surface area contributed by atoms with Gasteiger partial charge in [-0.25, -0.2) is 8.78 Å². The minimum absolute atomic E-state index is 0.00675. The number of halogens is 2. The Bertz CT molecular complexity index is 2450. The van der Waals surface area contributed by atoms with Gasteiger partial charge in [0.1, 0.15) is 11.6 Å². The minimum atomic E-state index is -0.587. The molecule has 0 unspecified atom stereocenters. The lowest BCUT2D eigenvalue weighted by Crippen LogP contribution is -1.90. The van der Waals surface area contributed by atoms with E-state index in [0.29, 0.717) is 5.56 Å². The Morgan fingerprint density at radius 2 is 0.596 bits per heavy atom. The zero-order valence-electron chi connectivity index (χ0n) is 30.3. The molecule has 0 atom stereocenters. The quantitative estimate of drug-likeness (QED) is 0.141. The van der Waals surface area contributed by atoms with Gasteiger partial charge in [0.25, 0.3) is 0 Å². The summed E-state index contributed by atoms with van der Waals surface area (Å²) >= 11 is 0. The fourth-order valence-corrected chi connectivity index (χ4v) is 5.10. The molecule has 0 radical (unpaired) electrons. The lowest BCUT2D eigenvalue weighted by molar-refractivity contribution is 0.567. The molecule has 52 heavy (non-hydrogen) atoms. The Morgan fingerprint density at radius 1 is 0.308 bits per heavy atom. The molecular weight excluding hydrogens is 639 g/mol. The molecule has 0 spiro atoms. The topological polar surface area (TPSA) is 0 Å².